The third-order valence-corrected chi connectivity index (χ3v) is 3.24. The molecule has 3 heteroatoms. The number of thiophene rings is 1. The van der Waals surface area contributed by atoms with Gasteiger partial charge in [-0.15, -0.1) is 11.3 Å². The molecule has 2 rings (SSSR count). The zero-order valence-electron chi connectivity index (χ0n) is 8.15. The molecule has 2 nitrogen and oxygen atoms in total. The lowest BCUT2D eigenvalue weighted by Crippen LogP contribution is -1.89. The highest BCUT2D eigenvalue weighted by molar-refractivity contribution is 7.20. The van der Waals surface area contributed by atoms with E-state index in [-0.39, 0.29) is 0 Å². The van der Waals surface area contributed by atoms with Gasteiger partial charge in [-0.1, -0.05) is 23.4 Å². The maximum atomic E-state index is 4.75. The number of hydrogen-bond acceptors (Lipinski definition) is 3. The molecule has 0 aliphatic carbocycles. The molecular formula is C11H11NOS. The minimum Gasteiger partial charge on any atom is -0.399 e. The van der Waals surface area contributed by atoms with Crippen molar-refractivity contribution in [3.8, 4) is 0 Å². The smallest absolute Gasteiger partial charge is 0.106 e. The molecule has 0 aliphatic heterocycles. The van der Waals surface area contributed by atoms with Gasteiger partial charge in [0.05, 0.1) is 10.6 Å². The Morgan fingerprint density at radius 3 is 2.86 bits per heavy atom. The number of oxime groups is 1. The average molecular weight is 205 g/mol. The molecule has 1 heterocycles. The zero-order chi connectivity index (χ0) is 9.97. The van der Waals surface area contributed by atoms with Gasteiger partial charge in [0.2, 0.25) is 0 Å². The summed E-state index contributed by atoms with van der Waals surface area (Å²) in [5, 5.41) is 5.18. The van der Waals surface area contributed by atoms with Crippen molar-refractivity contribution < 1.29 is 4.84 Å². The molecule has 0 amide bonds. The molecule has 0 bridgehead atoms. The number of fused-ring (bicyclic) bond motifs is 1. The first kappa shape index (κ1) is 9.21. The molecule has 1 aromatic heterocycles. The molecule has 0 saturated carbocycles. The van der Waals surface area contributed by atoms with Crippen LogP contribution in [0.5, 0.6) is 0 Å². The van der Waals surface area contributed by atoms with E-state index in [2.05, 4.69) is 23.4 Å². The van der Waals surface area contributed by atoms with Gasteiger partial charge in [-0.05, 0) is 24.4 Å². The summed E-state index contributed by atoms with van der Waals surface area (Å²) in [5.74, 6) is 0. The Labute approximate surface area is 86.8 Å². The van der Waals surface area contributed by atoms with Crippen LogP contribution in [0.25, 0.3) is 10.1 Å². The van der Waals surface area contributed by atoms with E-state index in [0.717, 1.165) is 10.6 Å². The highest BCUT2D eigenvalue weighted by Gasteiger charge is 2.03. The first-order chi connectivity index (χ1) is 6.81. The van der Waals surface area contributed by atoms with Gasteiger partial charge in [-0.25, -0.2) is 0 Å². The summed E-state index contributed by atoms with van der Waals surface area (Å²) in [5.41, 5.74) is 0.925. The summed E-state index contributed by atoms with van der Waals surface area (Å²) in [6.07, 6.45) is 0. The van der Waals surface area contributed by atoms with Crippen LogP contribution in [-0.2, 0) is 4.84 Å². The highest BCUT2D eigenvalue weighted by Crippen LogP contribution is 2.25. The fourth-order valence-corrected chi connectivity index (χ4v) is 2.34. The van der Waals surface area contributed by atoms with E-state index in [1.807, 2.05) is 19.1 Å². The van der Waals surface area contributed by atoms with Gasteiger partial charge in [0.1, 0.15) is 7.11 Å². The first-order valence-corrected chi connectivity index (χ1v) is 5.19. The number of nitrogens with zero attached hydrogens (tertiary/aromatic N) is 1. The second kappa shape index (κ2) is 3.80. The summed E-state index contributed by atoms with van der Waals surface area (Å²) >= 11 is 1.73. The van der Waals surface area contributed by atoms with E-state index in [1.54, 1.807) is 18.4 Å². The Balaban J connectivity index is 2.50. The molecule has 1 aromatic carbocycles. The van der Waals surface area contributed by atoms with Crippen LogP contribution in [-0.4, -0.2) is 12.8 Å². The van der Waals surface area contributed by atoms with Crippen molar-refractivity contribution >= 4 is 27.1 Å². The lowest BCUT2D eigenvalue weighted by Gasteiger charge is -1.92. The SMILES string of the molecule is CON=C(C)c1cc2ccccc2s1. The van der Waals surface area contributed by atoms with E-state index in [0.29, 0.717) is 0 Å². The van der Waals surface area contributed by atoms with Crippen LogP contribution in [0.2, 0.25) is 0 Å². The maximum Gasteiger partial charge on any atom is 0.106 e. The number of benzene rings is 1. The van der Waals surface area contributed by atoms with Gasteiger partial charge in [-0.3, -0.25) is 0 Å². The van der Waals surface area contributed by atoms with Crippen molar-refractivity contribution in [2.24, 2.45) is 5.16 Å². The lowest BCUT2D eigenvalue weighted by atomic mass is 10.2. The van der Waals surface area contributed by atoms with Gasteiger partial charge in [0.15, 0.2) is 0 Å². The molecule has 2 aromatic rings. The van der Waals surface area contributed by atoms with Crippen LogP contribution in [0.3, 0.4) is 0 Å². The monoisotopic (exact) mass is 205 g/mol. The molecule has 0 radical (unpaired) electrons. The quantitative estimate of drug-likeness (QED) is 0.544. The summed E-state index contributed by atoms with van der Waals surface area (Å²) in [6.45, 7) is 1.95. The molecule has 0 atom stereocenters. The van der Waals surface area contributed by atoms with Crippen molar-refractivity contribution in [1.82, 2.24) is 0 Å². The van der Waals surface area contributed by atoms with Crippen molar-refractivity contribution in [3.63, 3.8) is 0 Å². The minimum atomic E-state index is 0.925. The van der Waals surface area contributed by atoms with Crippen LogP contribution in [0.4, 0.5) is 0 Å². The first-order valence-electron chi connectivity index (χ1n) is 4.38. The van der Waals surface area contributed by atoms with E-state index in [4.69, 9.17) is 4.84 Å². The second-order valence-corrected chi connectivity index (χ2v) is 4.09. The fourth-order valence-electron chi connectivity index (χ4n) is 1.34. The fraction of sp³-hybridized carbons (Fsp3) is 0.182. The Kier molecular flexibility index (Phi) is 2.50. The Morgan fingerprint density at radius 1 is 1.36 bits per heavy atom. The summed E-state index contributed by atoms with van der Waals surface area (Å²) in [7, 11) is 1.57. The van der Waals surface area contributed by atoms with Crippen LogP contribution in [0.15, 0.2) is 35.5 Å². The summed E-state index contributed by atoms with van der Waals surface area (Å²) in [4.78, 5) is 5.91. The van der Waals surface area contributed by atoms with Crippen molar-refractivity contribution in [2.75, 3.05) is 7.11 Å². The topological polar surface area (TPSA) is 21.6 Å². The van der Waals surface area contributed by atoms with Gasteiger partial charge in [0, 0.05) is 4.70 Å². The number of rotatable bonds is 2. The van der Waals surface area contributed by atoms with Gasteiger partial charge in [-0.2, -0.15) is 0 Å². The molecule has 0 N–H and O–H groups in total. The minimum absolute atomic E-state index is 0.925. The molecule has 14 heavy (non-hydrogen) atoms. The highest BCUT2D eigenvalue weighted by atomic mass is 32.1. The van der Waals surface area contributed by atoms with Crippen LogP contribution < -0.4 is 0 Å². The molecule has 72 valence electrons. The van der Waals surface area contributed by atoms with Crippen LogP contribution in [0.1, 0.15) is 11.8 Å². The average Bonchev–Trinajstić information content (AvgIpc) is 2.61. The molecular weight excluding hydrogens is 194 g/mol. The molecule has 0 fully saturated rings. The van der Waals surface area contributed by atoms with Gasteiger partial charge >= 0.3 is 0 Å². The third kappa shape index (κ3) is 1.63. The maximum absolute atomic E-state index is 4.75. The summed E-state index contributed by atoms with van der Waals surface area (Å²) in [6, 6.07) is 10.4. The third-order valence-electron chi connectivity index (χ3n) is 2.01. The molecule has 0 spiro atoms. The van der Waals surface area contributed by atoms with Gasteiger partial charge in [0.25, 0.3) is 0 Å². The molecule has 0 unspecified atom stereocenters. The Bertz CT molecular complexity index is 440. The second-order valence-electron chi connectivity index (χ2n) is 3.01. The standard InChI is InChI=1S/C11H11NOS/c1-8(12-13-2)11-7-9-5-3-4-6-10(9)14-11/h3-7H,1-2H3. The van der Waals surface area contributed by atoms with E-state index in [1.165, 1.54) is 10.1 Å². The molecule has 0 saturated heterocycles. The molecule has 0 aliphatic rings. The summed E-state index contributed by atoms with van der Waals surface area (Å²) < 4.78 is 1.29. The largest absolute Gasteiger partial charge is 0.399 e. The van der Waals surface area contributed by atoms with Crippen LogP contribution in [0, 0.1) is 0 Å². The van der Waals surface area contributed by atoms with Gasteiger partial charge < -0.3 is 4.84 Å². The van der Waals surface area contributed by atoms with Crippen molar-refractivity contribution in [1.29, 1.82) is 0 Å². The zero-order valence-corrected chi connectivity index (χ0v) is 8.97. The van der Waals surface area contributed by atoms with E-state index in [9.17, 15) is 0 Å². The van der Waals surface area contributed by atoms with E-state index < -0.39 is 0 Å². The lowest BCUT2D eigenvalue weighted by molar-refractivity contribution is 0.213. The van der Waals surface area contributed by atoms with E-state index >= 15 is 0 Å². The Morgan fingerprint density at radius 2 is 2.14 bits per heavy atom. The van der Waals surface area contributed by atoms with Crippen molar-refractivity contribution in [2.45, 2.75) is 6.92 Å². The predicted molar refractivity (Wildman–Crippen MR) is 61.0 cm³/mol. The predicted octanol–water partition coefficient (Wildman–Crippen LogP) is 3.27. The van der Waals surface area contributed by atoms with Crippen molar-refractivity contribution in [3.05, 3.63) is 35.2 Å². The Hall–Kier alpha value is -1.35. The normalized spacial score (nSPS) is 12.0. The number of hydrogen-bond donors (Lipinski definition) is 0. The van der Waals surface area contributed by atoms with Crippen LogP contribution >= 0.6 is 11.3 Å².